The van der Waals surface area contributed by atoms with Crippen molar-refractivity contribution >= 4 is 13.6 Å². The molecular weight excluding hydrogens is 208 g/mol. The van der Waals surface area contributed by atoms with Crippen molar-refractivity contribution in [1.82, 2.24) is 0 Å². The quantitative estimate of drug-likeness (QED) is 0.652. The van der Waals surface area contributed by atoms with E-state index in [9.17, 15) is 0 Å². The Bertz CT molecular complexity index is 447. The van der Waals surface area contributed by atoms with E-state index in [4.69, 9.17) is 0 Å². The zero-order valence-corrected chi connectivity index (χ0v) is 12.1. The van der Waals surface area contributed by atoms with Crippen LogP contribution in [0.2, 0.25) is 25.7 Å². The standard InChI is InChI=1S/C15H22Si/c1-11-6-7-13-8-9-14(10-16(3,4)5)15(13)12(11)2/h6-7,9H,8,10H2,1-5H3. The largest absolute Gasteiger partial charge is 0.0766 e. The summed E-state index contributed by atoms with van der Waals surface area (Å²) in [7, 11) is -0.999. The molecule has 0 aromatic heterocycles. The van der Waals surface area contributed by atoms with Crippen LogP contribution in [0.4, 0.5) is 0 Å². The summed E-state index contributed by atoms with van der Waals surface area (Å²) in [5, 5.41) is 0. The van der Waals surface area contributed by atoms with E-state index in [0.717, 1.165) is 6.42 Å². The molecule has 16 heavy (non-hydrogen) atoms. The molecule has 1 heteroatoms. The van der Waals surface area contributed by atoms with E-state index in [0.29, 0.717) is 0 Å². The van der Waals surface area contributed by atoms with Gasteiger partial charge in [-0.15, -0.1) is 0 Å². The third-order valence-corrected chi connectivity index (χ3v) is 4.87. The molecule has 1 aliphatic rings. The summed E-state index contributed by atoms with van der Waals surface area (Å²) in [6.07, 6.45) is 3.60. The monoisotopic (exact) mass is 230 g/mol. The minimum Gasteiger partial charge on any atom is -0.0766 e. The first-order valence-electron chi connectivity index (χ1n) is 6.17. The van der Waals surface area contributed by atoms with E-state index < -0.39 is 8.07 Å². The Morgan fingerprint density at radius 3 is 2.44 bits per heavy atom. The molecule has 1 aliphatic carbocycles. The Morgan fingerprint density at radius 1 is 1.12 bits per heavy atom. The van der Waals surface area contributed by atoms with Gasteiger partial charge in [0.25, 0.3) is 0 Å². The third kappa shape index (κ3) is 2.15. The lowest BCUT2D eigenvalue weighted by Crippen LogP contribution is -2.19. The van der Waals surface area contributed by atoms with Crippen LogP contribution in [-0.2, 0) is 6.42 Å². The van der Waals surface area contributed by atoms with E-state index in [1.807, 2.05) is 0 Å². The molecule has 0 heterocycles. The predicted molar refractivity (Wildman–Crippen MR) is 75.8 cm³/mol. The number of hydrogen-bond donors (Lipinski definition) is 0. The summed E-state index contributed by atoms with van der Waals surface area (Å²) in [5.74, 6) is 0. The number of benzene rings is 1. The van der Waals surface area contributed by atoms with Gasteiger partial charge in [-0.3, -0.25) is 0 Å². The van der Waals surface area contributed by atoms with Crippen LogP contribution in [0.25, 0.3) is 5.57 Å². The molecule has 0 N–H and O–H groups in total. The van der Waals surface area contributed by atoms with Crippen molar-refractivity contribution in [2.24, 2.45) is 0 Å². The van der Waals surface area contributed by atoms with Crippen molar-refractivity contribution in [3.63, 3.8) is 0 Å². The topological polar surface area (TPSA) is 0 Å². The van der Waals surface area contributed by atoms with Crippen molar-refractivity contribution in [3.05, 3.63) is 40.5 Å². The number of allylic oxidation sites excluding steroid dienone is 2. The lowest BCUT2D eigenvalue weighted by atomic mass is 9.97. The van der Waals surface area contributed by atoms with E-state index in [1.54, 1.807) is 11.1 Å². The molecule has 0 atom stereocenters. The van der Waals surface area contributed by atoms with Crippen LogP contribution in [0.15, 0.2) is 18.2 Å². The summed E-state index contributed by atoms with van der Waals surface area (Å²) < 4.78 is 0. The van der Waals surface area contributed by atoms with Gasteiger partial charge in [-0.2, -0.15) is 0 Å². The molecule has 0 radical (unpaired) electrons. The zero-order chi connectivity index (χ0) is 11.9. The van der Waals surface area contributed by atoms with Gasteiger partial charge in [0.15, 0.2) is 0 Å². The summed E-state index contributed by atoms with van der Waals surface area (Å²) in [6, 6.07) is 5.90. The minimum atomic E-state index is -0.999. The molecule has 1 aromatic carbocycles. The first-order chi connectivity index (χ1) is 7.38. The van der Waals surface area contributed by atoms with E-state index >= 15 is 0 Å². The van der Waals surface area contributed by atoms with Gasteiger partial charge in [0, 0.05) is 8.07 Å². The first-order valence-corrected chi connectivity index (χ1v) is 9.88. The fourth-order valence-electron chi connectivity index (χ4n) is 2.56. The van der Waals surface area contributed by atoms with Crippen LogP contribution in [0.3, 0.4) is 0 Å². The molecule has 0 nitrogen and oxygen atoms in total. The normalized spacial score (nSPS) is 14.9. The van der Waals surface area contributed by atoms with Gasteiger partial charge in [-0.25, -0.2) is 0 Å². The Hall–Kier alpha value is -0.823. The maximum absolute atomic E-state index is 2.46. The lowest BCUT2D eigenvalue weighted by Gasteiger charge is -2.19. The molecule has 2 rings (SSSR count). The summed E-state index contributed by atoms with van der Waals surface area (Å²) >= 11 is 0. The van der Waals surface area contributed by atoms with Crippen molar-refractivity contribution in [1.29, 1.82) is 0 Å². The molecule has 0 unspecified atom stereocenters. The average Bonchev–Trinajstić information content (AvgIpc) is 2.53. The van der Waals surface area contributed by atoms with Crippen molar-refractivity contribution < 1.29 is 0 Å². The van der Waals surface area contributed by atoms with Crippen molar-refractivity contribution in [2.45, 2.75) is 46.0 Å². The number of aryl methyl sites for hydroxylation is 1. The van der Waals surface area contributed by atoms with Gasteiger partial charge in [0.05, 0.1) is 0 Å². The second-order valence-electron chi connectivity index (χ2n) is 6.21. The van der Waals surface area contributed by atoms with Crippen molar-refractivity contribution in [3.8, 4) is 0 Å². The van der Waals surface area contributed by atoms with Gasteiger partial charge >= 0.3 is 0 Å². The molecule has 0 bridgehead atoms. The molecule has 0 saturated heterocycles. The highest BCUT2D eigenvalue weighted by Crippen LogP contribution is 2.36. The molecule has 1 aromatic rings. The maximum atomic E-state index is 2.46. The maximum Gasteiger partial charge on any atom is 0.0487 e. The van der Waals surface area contributed by atoms with Crippen LogP contribution in [0, 0.1) is 13.8 Å². The van der Waals surface area contributed by atoms with Gasteiger partial charge in [0.2, 0.25) is 0 Å². The number of rotatable bonds is 2. The lowest BCUT2D eigenvalue weighted by molar-refractivity contribution is 1.24. The van der Waals surface area contributed by atoms with Crippen LogP contribution in [0.1, 0.15) is 22.3 Å². The molecule has 86 valence electrons. The van der Waals surface area contributed by atoms with E-state index in [1.165, 1.54) is 22.7 Å². The van der Waals surface area contributed by atoms with Crippen LogP contribution in [0.5, 0.6) is 0 Å². The van der Waals surface area contributed by atoms with Crippen LogP contribution in [-0.4, -0.2) is 8.07 Å². The van der Waals surface area contributed by atoms with Crippen LogP contribution >= 0.6 is 0 Å². The Labute approximate surface area is 100 Å². The third-order valence-electron chi connectivity index (χ3n) is 3.43. The highest BCUT2D eigenvalue weighted by molar-refractivity contribution is 6.77. The summed E-state index contributed by atoms with van der Waals surface area (Å²) in [6.45, 7) is 11.9. The van der Waals surface area contributed by atoms with E-state index in [2.05, 4.69) is 51.7 Å². The Morgan fingerprint density at radius 2 is 1.81 bits per heavy atom. The summed E-state index contributed by atoms with van der Waals surface area (Å²) in [4.78, 5) is 0. The fraction of sp³-hybridized carbons (Fsp3) is 0.467. The van der Waals surface area contributed by atoms with Crippen LogP contribution < -0.4 is 0 Å². The predicted octanol–water partition coefficient (Wildman–Crippen LogP) is 4.58. The van der Waals surface area contributed by atoms with Gasteiger partial charge in [-0.1, -0.05) is 37.8 Å². The number of fused-ring (bicyclic) bond motifs is 1. The minimum absolute atomic E-state index is 0.999. The van der Waals surface area contributed by atoms with Crippen molar-refractivity contribution in [2.75, 3.05) is 0 Å². The Balaban J connectivity index is 2.41. The average molecular weight is 230 g/mol. The molecule has 0 saturated carbocycles. The zero-order valence-electron chi connectivity index (χ0n) is 11.1. The smallest absolute Gasteiger partial charge is 0.0487 e. The van der Waals surface area contributed by atoms with E-state index in [-0.39, 0.29) is 0 Å². The molecule has 0 fully saturated rings. The SMILES string of the molecule is Cc1ccc2c(c1C)C(C[Si](C)(C)C)=CC2. The van der Waals surface area contributed by atoms with Gasteiger partial charge < -0.3 is 0 Å². The second kappa shape index (κ2) is 3.88. The highest BCUT2D eigenvalue weighted by Gasteiger charge is 2.22. The molecule has 0 amide bonds. The molecular formula is C15H22Si. The Kier molecular flexibility index (Phi) is 2.83. The first kappa shape index (κ1) is 11.7. The van der Waals surface area contributed by atoms with Gasteiger partial charge in [0.1, 0.15) is 0 Å². The molecule has 0 aliphatic heterocycles. The summed E-state index contributed by atoms with van der Waals surface area (Å²) in [5.41, 5.74) is 7.66. The highest BCUT2D eigenvalue weighted by atomic mass is 28.3. The fourth-order valence-corrected chi connectivity index (χ4v) is 4.02. The molecule has 0 spiro atoms. The number of hydrogen-bond acceptors (Lipinski definition) is 0. The second-order valence-corrected chi connectivity index (χ2v) is 11.7. The van der Waals surface area contributed by atoms with Gasteiger partial charge in [-0.05, 0) is 54.1 Å².